The van der Waals surface area contributed by atoms with E-state index >= 15 is 0 Å². The number of aromatic nitrogens is 3. The highest BCUT2D eigenvalue weighted by molar-refractivity contribution is 7.89. The number of ether oxygens (including phenoxy) is 1. The van der Waals surface area contributed by atoms with Crippen molar-refractivity contribution in [3.63, 3.8) is 0 Å². The highest BCUT2D eigenvalue weighted by atomic mass is 32.2. The predicted molar refractivity (Wildman–Crippen MR) is 93.4 cm³/mol. The van der Waals surface area contributed by atoms with Gasteiger partial charge < -0.3 is 4.74 Å². The molecule has 3 rings (SSSR count). The molecule has 1 aromatic heterocycles. The van der Waals surface area contributed by atoms with Crippen molar-refractivity contribution in [3.05, 3.63) is 41.5 Å². The van der Waals surface area contributed by atoms with E-state index in [1.54, 1.807) is 29.6 Å². The Morgan fingerprint density at radius 1 is 1.36 bits per heavy atom. The van der Waals surface area contributed by atoms with Gasteiger partial charge in [0.25, 0.3) is 0 Å². The van der Waals surface area contributed by atoms with E-state index in [0.717, 1.165) is 31.2 Å². The molecule has 1 aromatic carbocycles. The van der Waals surface area contributed by atoms with Crippen molar-refractivity contribution in [2.45, 2.75) is 50.2 Å². The van der Waals surface area contributed by atoms with Gasteiger partial charge in [-0.1, -0.05) is 25.5 Å². The second-order valence-electron chi connectivity index (χ2n) is 6.20. The Morgan fingerprint density at radius 3 is 2.96 bits per heavy atom. The molecule has 1 aliphatic rings. The number of rotatable bonds is 6. The lowest BCUT2D eigenvalue weighted by Gasteiger charge is -2.33. The Balaban J connectivity index is 1.93. The Morgan fingerprint density at radius 2 is 2.20 bits per heavy atom. The van der Waals surface area contributed by atoms with Gasteiger partial charge in [0.15, 0.2) is 11.6 Å². The summed E-state index contributed by atoms with van der Waals surface area (Å²) >= 11 is 0. The first-order valence-corrected chi connectivity index (χ1v) is 10.0. The van der Waals surface area contributed by atoms with Gasteiger partial charge in [-0.3, -0.25) is 5.10 Å². The minimum Gasteiger partial charge on any atom is -0.377 e. The van der Waals surface area contributed by atoms with E-state index in [2.05, 4.69) is 15.2 Å². The number of H-pyrrole nitrogens is 1. The van der Waals surface area contributed by atoms with Gasteiger partial charge in [-0.05, 0) is 37.0 Å². The van der Waals surface area contributed by atoms with Crippen molar-refractivity contribution in [1.82, 2.24) is 19.5 Å². The molecule has 25 heavy (non-hydrogen) atoms. The molecule has 2 heterocycles. The summed E-state index contributed by atoms with van der Waals surface area (Å²) in [5.74, 6) is 1.12. The van der Waals surface area contributed by atoms with Gasteiger partial charge in [-0.25, -0.2) is 13.4 Å². The second kappa shape index (κ2) is 7.63. The molecule has 1 fully saturated rings. The molecule has 1 aliphatic heterocycles. The van der Waals surface area contributed by atoms with Crippen LogP contribution in [0.25, 0.3) is 0 Å². The fourth-order valence-electron chi connectivity index (χ4n) is 3.17. The fourth-order valence-corrected chi connectivity index (χ4v) is 4.90. The Hall–Kier alpha value is -1.77. The highest BCUT2D eigenvalue weighted by Gasteiger charge is 2.36. The summed E-state index contributed by atoms with van der Waals surface area (Å²) in [6.45, 7) is 2.82. The van der Waals surface area contributed by atoms with E-state index in [0.29, 0.717) is 29.7 Å². The van der Waals surface area contributed by atoms with E-state index in [9.17, 15) is 8.42 Å². The smallest absolute Gasteiger partial charge is 0.243 e. The first kappa shape index (κ1) is 18.0. The molecule has 0 amide bonds. The third-order valence-corrected chi connectivity index (χ3v) is 6.40. The molecule has 136 valence electrons. The van der Waals surface area contributed by atoms with Gasteiger partial charge >= 0.3 is 0 Å². The first-order chi connectivity index (χ1) is 12.1. The monoisotopic (exact) mass is 364 g/mol. The van der Waals surface area contributed by atoms with Gasteiger partial charge in [0.05, 0.1) is 10.9 Å². The van der Waals surface area contributed by atoms with Gasteiger partial charge in [0, 0.05) is 13.7 Å². The number of piperidine rings is 1. The third-order valence-electron chi connectivity index (χ3n) is 4.50. The molecule has 0 saturated carbocycles. The van der Waals surface area contributed by atoms with Crippen molar-refractivity contribution in [3.8, 4) is 0 Å². The van der Waals surface area contributed by atoms with Crippen LogP contribution in [0.2, 0.25) is 0 Å². The summed E-state index contributed by atoms with van der Waals surface area (Å²) in [5, 5.41) is 7.05. The lowest BCUT2D eigenvalue weighted by atomic mass is 10.0. The van der Waals surface area contributed by atoms with E-state index in [-0.39, 0.29) is 6.04 Å². The van der Waals surface area contributed by atoms with E-state index in [1.807, 2.05) is 13.0 Å². The largest absolute Gasteiger partial charge is 0.377 e. The van der Waals surface area contributed by atoms with E-state index in [4.69, 9.17) is 4.74 Å². The lowest BCUT2D eigenvalue weighted by molar-refractivity contribution is 0.177. The molecule has 1 N–H and O–H groups in total. The second-order valence-corrected chi connectivity index (χ2v) is 8.09. The molecular weight excluding hydrogens is 340 g/mol. The van der Waals surface area contributed by atoms with Crippen LogP contribution in [0.4, 0.5) is 0 Å². The molecule has 0 radical (unpaired) electrons. The lowest BCUT2D eigenvalue weighted by Crippen LogP contribution is -2.39. The molecule has 8 heteroatoms. The van der Waals surface area contributed by atoms with E-state index in [1.165, 1.54) is 0 Å². The molecule has 1 unspecified atom stereocenters. The number of sulfonamides is 1. The molecule has 0 bridgehead atoms. The van der Waals surface area contributed by atoms with Gasteiger partial charge in [-0.15, -0.1) is 0 Å². The van der Waals surface area contributed by atoms with Crippen molar-refractivity contribution in [2.24, 2.45) is 0 Å². The average molecular weight is 364 g/mol. The summed E-state index contributed by atoms with van der Waals surface area (Å²) in [4.78, 5) is 4.76. The summed E-state index contributed by atoms with van der Waals surface area (Å²) in [6, 6.07) is 6.82. The normalized spacial score (nSPS) is 19.2. The zero-order valence-corrected chi connectivity index (χ0v) is 15.4. The van der Waals surface area contributed by atoms with Crippen LogP contribution in [0.3, 0.4) is 0 Å². The third kappa shape index (κ3) is 3.75. The zero-order chi connectivity index (χ0) is 17.9. The van der Waals surface area contributed by atoms with Crippen LogP contribution in [0, 0.1) is 0 Å². The SMILES string of the molecule is CCc1cccc(S(=O)(=O)N2CCCCC2c2n[nH]c(COC)n2)c1. The van der Waals surface area contributed by atoms with Gasteiger partial charge in [0.1, 0.15) is 6.61 Å². The molecular formula is C17H24N4O3S. The minimum atomic E-state index is -3.59. The van der Waals surface area contributed by atoms with Crippen LogP contribution in [0.5, 0.6) is 0 Å². The maximum Gasteiger partial charge on any atom is 0.243 e. The van der Waals surface area contributed by atoms with Crippen LogP contribution in [0.15, 0.2) is 29.2 Å². The number of nitrogens with zero attached hydrogens (tertiary/aromatic N) is 3. The Bertz CT molecular complexity index is 819. The molecule has 1 atom stereocenters. The van der Waals surface area contributed by atoms with Gasteiger partial charge in [-0.2, -0.15) is 9.40 Å². The van der Waals surface area contributed by atoms with Crippen molar-refractivity contribution >= 4 is 10.0 Å². The van der Waals surface area contributed by atoms with Crippen LogP contribution >= 0.6 is 0 Å². The number of methoxy groups -OCH3 is 1. The molecule has 0 aliphatic carbocycles. The van der Waals surface area contributed by atoms with Crippen LogP contribution in [-0.2, 0) is 27.8 Å². The molecule has 1 saturated heterocycles. The topological polar surface area (TPSA) is 88.2 Å². The number of hydrogen-bond donors (Lipinski definition) is 1. The number of benzene rings is 1. The Kier molecular flexibility index (Phi) is 5.51. The van der Waals surface area contributed by atoms with Crippen molar-refractivity contribution in [2.75, 3.05) is 13.7 Å². The predicted octanol–water partition coefficient (Wildman–Crippen LogP) is 2.43. The molecule has 7 nitrogen and oxygen atoms in total. The maximum absolute atomic E-state index is 13.2. The average Bonchev–Trinajstić information content (AvgIpc) is 3.10. The van der Waals surface area contributed by atoms with Gasteiger partial charge in [0.2, 0.25) is 10.0 Å². The van der Waals surface area contributed by atoms with Crippen LogP contribution in [-0.4, -0.2) is 41.6 Å². The van der Waals surface area contributed by atoms with E-state index < -0.39 is 10.0 Å². The standard InChI is InChI=1S/C17H24N4O3S/c1-3-13-7-6-8-14(11-13)25(22,23)21-10-5-4-9-15(21)17-18-16(12-24-2)19-20-17/h6-8,11,15H,3-5,9-10,12H2,1-2H3,(H,18,19,20). The summed E-state index contributed by atoms with van der Waals surface area (Å²) in [7, 11) is -2.00. The summed E-state index contributed by atoms with van der Waals surface area (Å²) < 4.78 is 33.0. The minimum absolute atomic E-state index is 0.324. The molecule has 0 spiro atoms. The summed E-state index contributed by atoms with van der Waals surface area (Å²) in [5.41, 5.74) is 1.01. The number of aryl methyl sites for hydroxylation is 1. The number of nitrogens with one attached hydrogen (secondary N) is 1. The van der Waals surface area contributed by atoms with Crippen LogP contribution < -0.4 is 0 Å². The van der Waals surface area contributed by atoms with Crippen molar-refractivity contribution < 1.29 is 13.2 Å². The summed E-state index contributed by atoms with van der Waals surface area (Å²) in [6.07, 6.45) is 3.32. The van der Waals surface area contributed by atoms with Crippen LogP contribution in [0.1, 0.15) is 49.4 Å². The number of aromatic amines is 1. The fraction of sp³-hybridized carbons (Fsp3) is 0.529. The number of hydrogen-bond acceptors (Lipinski definition) is 5. The van der Waals surface area contributed by atoms with Crippen molar-refractivity contribution in [1.29, 1.82) is 0 Å². The quantitative estimate of drug-likeness (QED) is 0.850. The Labute approximate surface area is 148 Å². The maximum atomic E-state index is 13.2. The molecule has 2 aromatic rings. The first-order valence-electron chi connectivity index (χ1n) is 8.57. The zero-order valence-electron chi connectivity index (χ0n) is 14.6. The highest BCUT2D eigenvalue weighted by Crippen LogP contribution is 2.34.